The van der Waals surface area contributed by atoms with Crippen molar-refractivity contribution in [1.82, 2.24) is 5.32 Å². The third-order valence-electron chi connectivity index (χ3n) is 4.52. The van der Waals surface area contributed by atoms with Gasteiger partial charge in [-0.1, -0.05) is 18.2 Å². The molecule has 1 aliphatic rings. The summed E-state index contributed by atoms with van der Waals surface area (Å²) in [5, 5.41) is 5.69. The molecule has 0 heterocycles. The van der Waals surface area contributed by atoms with Gasteiger partial charge in [-0.05, 0) is 73.5 Å². The number of rotatable bonds is 8. The molecule has 1 fully saturated rings. The maximum atomic E-state index is 12.1. The van der Waals surface area contributed by atoms with E-state index in [9.17, 15) is 9.59 Å². The van der Waals surface area contributed by atoms with Gasteiger partial charge in [0.25, 0.3) is 11.8 Å². The number of carbonyl (C=O) groups is 2. The average Bonchev–Trinajstić information content (AvgIpc) is 3.58. The summed E-state index contributed by atoms with van der Waals surface area (Å²) >= 11 is 0. The molecule has 0 aliphatic heterocycles. The van der Waals surface area contributed by atoms with Crippen LogP contribution in [0.15, 0.2) is 78.9 Å². The molecule has 0 spiro atoms. The Hall–Kier alpha value is -3.80. The van der Waals surface area contributed by atoms with Crippen molar-refractivity contribution in [3.63, 3.8) is 0 Å². The van der Waals surface area contributed by atoms with Gasteiger partial charge in [0.05, 0.1) is 0 Å². The number of nitrogens with one attached hydrogen (secondary N) is 2. The highest BCUT2D eigenvalue weighted by atomic mass is 16.5. The number of hydrogen-bond donors (Lipinski definition) is 2. The first-order chi connectivity index (χ1) is 14.7. The number of amides is 2. The molecule has 6 nitrogen and oxygen atoms in total. The Bertz CT molecular complexity index is 998. The molecule has 0 atom stereocenters. The standard InChI is InChI=1S/C24H22N2O4/c27-23(25-18-8-6-17(7-9-18)24(28)26-19-10-11-19)16-29-20-12-14-22(15-13-20)30-21-4-2-1-3-5-21/h1-9,12-15,19H,10-11,16H2,(H,25,27)(H,26,28). The molecule has 152 valence electrons. The molecule has 4 rings (SSSR count). The Labute approximate surface area is 174 Å². The van der Waals surface area contributed by atoms with Gasteiger partial charge in [-0.2, -0.15) is 0 Å². The zero-order valence-corrected chi connectivity index (χ0v) is 16.3. The van der Waals surface area contributed by atoms with Crippen LogP contribution in [0.2, 0.25) is 0 Å². The predicted octanol–water partition coefficient (Wildman–Crippen LogP) is 4.39. The summed E-state index contributed by atoms with van der Waals surface area (Å²) in [7, 11) is 0. The molecule has 0 bridgehead atoms. The normalized spacial score (nSPS) is 12.7. The van der Waals surface area contributed by atoms with Gasteiger partial charge >= 0.3 is 0 Å². The second kappa shape index (κ2) is 9.13. The average molecular weight is 402 g/mol. The topological polar surface area (TPSA) is 76.7 Å². The minimum Gasteiger partial charge on any atom is -0.484 e. The molecule has 0 saturated heterocycles. The van der Waals surface area contributed by atoms with Gasteiger partial charge in [-0.15, -0.1) is 0 Å². The highest BCUT2D eigenvalue weighted by molar-refractivity contribution is 5.96. The van der Waals surface area contributed by atoms with Crippen LogP contribution in [-0.4, -0.2) is 24.5 Å². The minimum atomic E-state index is -0.283. The lowest BCUT2D eigenvalue weighted by Gasteiger charge is -2.09. The Kier molecular flexibility index (Phi) is 5.94. The molecule has 3 aromatic rings. The summed E-state index contributed by atoms with van der Waals surface area (Å²) in [6.45, 7) is -0.122. The van der Waals surface area contributed by atoms with Crippen molar-refractivity contribution in [1.29, 1.82) is 0 Å². The SMILES string of the molecule is O=C(COc1ccc(Oc2ccccc2)cc1)Nc1ccc(C(=O)NC2CC2)cc1. The number of ether oxygens (including phenoxy) is 2. The Morgan fingerprint density at radius 1 is 0.800 bits per heavy atom. The van der Waals surface area contributed by atoms with Gasteiger partial charge in [0, 0.05) is 17.3 Å². The molecule has 1 aliphatic carbocycles. The van der Waals surface area contributed by atoms with Crippen molar-refractivity contribution in [2.24, 2.45) is 0 Å². The van der Waals surface area contributed by atoms with Crippen molar-refractivity contribution in [2.75, 3.05) is 11.9 Å². The van der Waals surface area contributed by atoms with E-state index in [0.717, 1.165) is 18.6 Å². The van der Waals surface area contributed by atoms with E-state index in [-0.39, 0.29) is 18.4 Å². The van der Waals surface area contributed by atoms with Crippen LogP contribution in [-0.2, 0) is 4.79 Å². The summed E-state index contributed by atoms with van der Waals surface area (Å²) < 4.78 is 11.3. The van der Waals surface area contributed by atoms with Crippen LogP contribution in [0.4, 0.5) is 5.69 Å². The van der Waals surface area contributed by atoms with E-state index in [1.54, 1.807) is 48.5 Å². The van der Waals surface area contributed by atoms with Crippen molar-refractivity contribution >= 4 is 17.5 Å². The molecule has 6 heteroatoms. The lowest BCUT2D eigenvalue weighted by molar-refractivity contribution is -0.118. The molecule has 2 N–H and O–H groups in total. The second-order valence-electron chi connectivity index (χ2n) is 7.05. The summed E-state index contributed by atoms with van der Waals surface area (Å²) in [5.41, 5.74) is 1.19. The van der Waals surface area contributed by atoms with Gasteiger partial charge in [-0.3, -0.25) is 9.59 Å². The van der Waals surface area contributed by atoms with Crippen LogP contribution in [0.5, 0.6) is 17.2 Å². The van der Waals surface area contributed by atoms with E-state index in [1.165, 1.54) is 0 Å². The van der Waals surface area contributed by atoms with Crippen molar-refractivity contribution in [2.45, 2.75) is 18.9 Å². The molecule has 0 unspecified atom stereocenters. The smallest absolute Gasteiger partial charge is 0.262 e. The molecule has 3 aromatic carbocycles. The van der Waals surface area contributed by atoms with Gasteiger partial charge < -0.3 is 20.1 Å². The first kappa shape index (κ1) is 19.5. The van der Waals surface area contributed by atoms with Crippen LogP contribution < -0.4 is 20.1 Å². The molecule has 0 radical (unpaired) electrons. The number of hydrogen-bond acceptors (Lipinski definition) is 4. The zero-order valence-electron chi connectivity index (χ0n) is 16.3. The van der Waals surface area contributed by atoms with Gasteiger partial charge in [-0.25, -0.2) is 0 Å². The molecular weight excluding hydrogens is 380 g/mol. The van der Waals surface area contributed by atoms with Crippen molar-refractivity contribution in [3.8, 4) is 17.2 Å². The molecule has 2 amide bonds. The Balaban J connectivity index is 1.23. The first-order valence-electron chi connectivity index (χ1n) is 9.82. The molecule has 1 saturated carbocycles. The van der Waals surface area contributed by atoms with Crippen LogP contribution in [0, 0.1) is 0 Å². The van der Waals surface area contributed by atoms with E-state index in [1.807, 2.05) is 30.3 Å². The van der Waals surface area contributed by atoms with E-state index in [4.69, 9.17) is 9.47 Å². The fraction of sp³-hybridized carbons (Fsp3) is 0.167. The third kappa shape index (κ3) is 5.61. The third-order valence-corrected chi connectivity index (χ3v) is 4.52. The maximum Gasteiger partial charge on any atom is 0.262 e. The fourth-order valence-electron chi connectivity index (χ4n) is 2.78. The van der Waals surface area contributed by atoms with Gasteiger partial charge in [0.2, 0.25) is 0 Å². The largest absolute Gasteiger partial charge is 0.484 e. The van der Waals surface area contributed by atoms with Crippen LogP contribution in [0.3, 0.4) is 0 Å². The highest BCUT2D eigenvalue weighted by Gasteiger charge is 2.23. The van der Waals surface area contributed by atoms with Crippen LogP contribution in [0.25, 0.3) is 0 Å². The summed E-state index contributed by atoms with van der Waals surface area (Å²) in [6.07, 6.45) is 2.09. The quantitative estimate of drug-likeness (QED) is 0.586. The van der Waals surface area contributed by atoms with Crippen LogP contribution >= 0.6 is 0 Å². The van der Waals surface area contributed by atoms with Crippen LogP contribution in [0.1, 0.15) is 23.2 Å². The number of para-hydroxylation sites is 1. The van der Waals surface area contributed by atoms with E-state index >= 15 is 0 Å². The van der Waals surface area contributed by atoms with E-state index in [2.05, 4.69) is 10.6 Å². The monoisotopic (exact) mass is 402 g/mol. The van der Waals surface area contributed by atoms with E-state index in [0.29, 0.717) is 28.8 Å². The molecular formula is C24H22N2O4. The molecule has 30 heavy (non-hydrogen) atoms. The highest BCUT2D eigenvalue weighted by Crippen LogP contribution is 2.23. The lowest BCUT2D eigenvalue weighted by Crippen LogP contribution is -2.25. The van der Waals surface area contributed by atoms with E-state index < -0.39 is 0 Å². The summed E-state index contributed by atoms with van der Waals surface area (Å²) in [4.78, 5) is 24.1. The predicted molar refractivity (Wildman–Crippen MR) is 114 cm³/mol. The summed E-state index contributed by atoms with van der Waals surface area (Å²) in [6, 6.07) is 23.7. The van der Waals surface area contributed by atoms with Crippen molar-refractivity contribution < 1.29 is 19.1 Å². The maximum absolute atomic E-state index is 12.1. The van der Waals surface area contributed by atoms with Gasteiger partial charge in [0.15, 0.2) is 6.61 Å². The number of benzene rings is 3. The van der Waals surface area contributed by atoms with Gasteiger partial charge in [0.1, 0.15) is 17.2 Å². The lowest BCUT2D eigenvalue weighted by atomic mass is 10.2. The fourth-order valence-corrected chi connectivity index (χ4v) is 2.78. The number of carbonyl (C=O) groups excluding carboxylic acids is 2. The van der Waals surface area contributed by atoms with Crippen molar-refractivity contribution in [3.05, 3.63) is 84.4 Å². The first-order valence-corrected chi connectivity index (χ1v) is 9.82. The minimum absolute atomic E-state index is 0.0848. The second-order valence-corrected chi connectivity index (χ2v) is 7.05. The summed E-state index contributed by atoms with van der Waals surface area (Å²) in [5.74, 6) is 1.64. The Morgan fingerprint density at radius 3 is 2.10 bits per heavy atom. The molecule has 0 aromatic heterocycles. The number of anilines is 1. The zero-order chi connectivity index (χ0) is 20.8. The Morgan fingerprint density at radius 2 is 1.43 bits per heavy atom.